The van der Waals surface area contributed by atoms with Crippen LogP contribution in [-0.4, -0.2) is 73.5 Å². The van der Waals surface area contributed by atoms with Crippen LogP contribution >= 0.6 is 0 Å². The van der Waals surface area contributed by atoms with Gasteiger partial charge in [0.2, 0.25) is 11.8 Å². The Morgan fingerprint density at radius 3 is 2.17 bits per heavy atom. The van der Waals surface area contributed by atoms with E-state index < -0.39 is 5.54 Å². The summed E-state index contributed by atoms with van der Waals surface area (Å²) in [4.78, 5) is 41.2. The molecule has 0 aliphatic heterocycles. The molecule has 0 aromatic carbocycles. The Hall–Kier alpha value is -1.89. The minimum absolute atomic E-state index is 0.0551. The highest BCUT2D eigenvalue weighted by Gasteiger charge is 2.41. The van der Waals surface area contributed by atoms with E-state index in [4.69, 9.17) is 4.74 Å². The molecule has 0 bridgehead atoms. The number of likely N-dealkylation sites (N-methyl/N-ethyl adjacent to an activating group) is 2. The average molecular weight is 410 g/mol. The van der Waals surface area contributed by atoms with E-state index in [1.807, 2.05) is 32.8 Å². The normalized spacial score (nSPS) is 17.8. The lowest BCUT2D eigenvalue weighted by Gasteiger charge is -2.41. The van der Waals surface area contributed by atoms with Crippen LogP contribution in [0.4, 0.5) is 0 Å². The van der Waals surface area contributed by atoms with Crippen molar-refractivity contribution in [3.8, 4) is 0 Å². The molecule has 1 aliphatic rings. The molecule has 1 saturated carbocycles. The molecule has 0 radical (unpaired) electrons. The molecule has 0 saturated heterocycles. The first-order chi connectivity index (χ1) is 13.6. The van der Waals surface area contributed by atoms with Crippen molar-refractivity contribution in [2.24, 2.45) is 5.92 Å². The van der Waals surface area contributed by atoms with Crippen molar-refractivity contribution in [1.82, 2.24) is 15.1 Å². The van der Waals surface area contributed by atoms with E-state index in [-0.39, 0.29) is 36.3 Å². The molecule has 0 aromatic heterocycles. The molecule has 2 amide bonds. The Morgan fingerprint density at radius 2 is 1.69 bits per heavy atom. The van der Waals surface area contributed by atoms with Gasteiger partial charge < -0.3 is 15.0 Å². The minimum Gasteiger partial charge on any atom is -0.463 e. The largest absolute Gasteiger partial charge is 0.463 e. The molecular weight excluding hydrogens is 370 g/mol. The molecule has 1 rings (SSSR count). The third-order valence-corrected chi connectivity index (χ3v) is 5.90. The summed E-state index contributed by atoms with van der Waals surface area (Å²) in [5.74, 6) is -0.536. The number of esters is 1. The first-order valence-electron chi connectivity index (χ1n) is 10.6. The van der Waals surface area contributed by atoms with Crippen LogP contribution in [0.15, 0.2) is 11.6 Å². The molecule has 7 nitrogen and oxygen atoms in total. The van der Waals surface area contributed by atoms with E-state index in [2.05, 4.69) is 5.32 Å². The zero-order chi connectivity index (χ0) is 22.2. The summed E-state index contributed by atoms with van der Waals surface area (Å²) in [6.45, 7) is 7.69. The lowest BCUT2D eigenvalue weighted by atomic mass is 9.80. The first kappa shape index (κ1) is 25.1. The van der Waals surface area contributed by atoms with Gasteiger partial charge in [-0.15, -0.1) is 0 Å². The summed E-state index contributed by atoms with van der Waals surface area (Å²) >= 11 is 0. The van der Waals surface area contributed by atoms with Gasteiger partial charge in [-0.05, 0) is 46.7 Å². The number of hydrogen-bond acceptors (Lipinski definition) is 5. The smallest absolute Gasteiger partial charge is 0.333 e. The summed E-state index contributed by atoms with van der Waals surface area (Å²) in [6.07, 6.45) is 6.58. The predicted molar refractivity (Wildman–Crippen MR) is 114 cm³/mol. The van der Waals surface area contributed by atoms with Crippen molar-refractivity contribution in [2.45, 2.75) is 71.4 Å². The van der Waals surface area contributed by atoms with Crippen molar-refractivity contribution in [2.75, 3.05) is 34.3 Å². The number of amides is 2. The van der Waals surface area contributed by atoms with Crippen molar-refractivity contribution in [3.05, 3.63) is 11.6 Å². The van der Waals surface area contributed by atoms with Gasteiger partial charge in [-0.2, -0.15) is 0 Å². The van der Waals surface area contributed by atoms with E-state index in [1.54, 1.807) is 31.9 Å². The number of carbonyl (C=O) groups excluding carboxylic acids is 3. The molecule has 29 heavy (non-hydrogen) atoms. The molecular formula is C22H39N3O4. The second-order valence-corrected chi connectivity index (χ2v) is 8.48. The summed E-state index contributed by atoms with van der Waals surface area (Å²) in [5, 5.41) is 2.86. The molecule has 1 aliphatic carbocycles. The van der Waals surface area contributed by atoms with Crippen LogP contribution in [0.2, 0.25) is 0 Å². The highest BCUT2D eigenvalue weighted by molar-refractivity contribution is 5.91. The molecule has 0 spiro atoms. The van der Waals surface area contributed by atoms with Gasteiger partial charge in [0.05, 0.1) is 24.7 Å². The van der Waals surface area contributed by atoms with Gasteiger partial charge in [0.1, 0.15) is 0 Å². The van der Waals surface area contributed by atoms with Crippen LogP contribution in [0.5, 0.6) is 0 Å². The molecule has 0 unspecified atom stereocenters. The number of hydrogen-bond donors (Lipinski definition) is 1. The maximum absolute atomic E-state index is 12.9. The van der Waals surface area contributed by atoms with Crippen molar-refractivity contribution < 1.29 is 19.1 Å². The van der Waals surface area contributed by atoms with Crippen LogP contribution in [0.25, 0.3) is 0 Å². The molecule has 0 aromatic rings. The van der Waals surface area contributed by atoms with Gasteiger partial charge in [-0.1, -0.05) is 39.2 Å². The number of carbonyl (C=O) groups is 3. The molecule has 166 valence electrons. The maximum atomic E-state index is 12.9. The van der Waals surface area contributed by atoms with Crippen molar-refractivity contribution in [3.63, 3.8) is 0 Å². The predicted octanol–water partition coefficient (Wildman–Crippen LogP) is 2.36. The molecule has 1 atom stereocenters. The highest BCUT2D eigenvalue weighted by Crippen LogP contribution is 2.32. The Labute approximate surface area is 175 Å². The summed E-state index contributed by atoms with van der Waals surface area (Å²) in [5.41, 5.74) is -0.0578. The number of nitrogens with one attached hydrogen (secondary N) is 1. The lowest BCUT2D eigenvalue weighted by Crippen LogP contribution is -2.58. The standard InChI is InChI=1S/C22H39N3O4/c1-8-29-20(27)17(4)14-18(16(2)3)25(7)19(26)15-23-21(28)22(24(5)6)12-10-9-11-13-22/h14,16,18H,8-13,15H2,1-7H3,(H,23,28)/t18-/m1/s1. The van der Waals surface area contributed by atoms with Gasteiger partial charge >= 0.3 is 5.97 Å². The van der Waals surface area contributed by atoms with Crippen molar-refractivity contribution in [1.29, 1.82) is 0 Å². The monoisotopic (exact) mass is 409 g/mol. The van der Waals surface area contributed by atoms with E-state index in [1.165, 1.54) is 0 Å². The Morgan fingerprint density at radius 1 is 1.10 bits per heavy atom. The van der Waals surface area contributed by atoms with E-state index in [9.17, 15) is 14.4 Å². The van der Waals surface area contributed by atoms with Gasteiger partial charge in [0, 0.05) is 12.6 Å². The third kappa shape index (κ3) is 6.56. The van der Waals surface area contributed by atoms with Crippen LogP contribution < -0.4 is 5.32 Å². The fourth-order valence-electron chi connectivity index (χ4n) is 3.95. The third-order valence-electron chi connectivity index (χ3n) is 5.90. The minimum atomic E-state index is -0.533. The van der Waals surface area contributed by atoms with Gasteiger partial charge in [0.15, 0.2) is 0 Å². The average Bonchev–Trinajstić information content (AvgIpc) is 2.69. The van der Waals surface area contributed by atoms with Crippen LogP contribution in [0.3, 0.4) is 0 Å². The zero-order valence-electron chi connectivity index (χ0n) is 19.2. The van der Waals surface area contributed by atoms with Crippen molar-refractivity contribution >= 4 is 17.8 Å². The van der Waals surface area contributed by atoms with E-state index >= 15 is 0 Å². The molecule has 0 heterocycles. The molecule has 1 N–H and O–H groups in total. The second kappa shape index (κ2) is 11.3. The van der Waals surface area contributed by atoms with Gasteiger partial charge in [0.25, 0.3) is 0 Å². The molecule has 1 fully saturated rings. The fraction of sp³-hybridized carbons (Fsp3) is 0.773. The van der Waals surface area contributed by atoms with Crippen LogP contribution in [0.1, 0.15) is 59.8 Å². The van der Waals surface area contributed by atoms with Crippen LogP contribution in [-0.2, 0) is 19.1 Å². The Kier molecular flexibility index (Phi) is 9.83. The highest BCUT2D eigenvalue weighted by atomic mass is 16.5. The van der Waals surface area contributed by atoms with E-state index in [0.717, 1.165) is 32.1 Å². The Balaban J connectivity index is 2.81. The van der Waals surface area contributed by atoms with E-state index in [0.29, 0.717) is 12.2 Å². The summed E-state index contributed by atoms with van der Waals surface area (Å²) in [7, 11) is 5.56. The van der Waals surface area contributed by atoms with Gasteiger partial charge in [-0.3, -0.25) is 14.5 Å². The summed E-state index contributed by atoms with van der Waals surface area (Å²) in [6, 6.07) is -0.263. The summed E-state index contributed by atoms with van der Waals surface area (Å²) < 4.78 is 5.03. The SMILES string of the molecule is CCOC(=O)C(C)=C[C@H](C(C)C)N(C)C(=O)CNC(=O)C1(N(C)C)CCCCC1. The topological polar surface area (TPSA) is 79.0 Å². The Bertz CT molecular complexity index is 607. The lowest BCUT2D eigenvalue weighted by molar-refractivity contribution is -0.139. The fourth-order valence-corrected chi connectivity index (χ4v) is 3.95. The maximum Gasteiger partial charge on any atom is 0.333 e. The van der Waals surface area contributed by atoms with Crippen LogP contribution in [0, 0.1) is 5.92 Å². The number of nitrogens with zero attached hydrogens (tertiary/aromatic N) is 2. The first-order valence-corrected chi connectivity index (χ1v) is 10.6. The number of ether oxygens (including phenoxy) is 1. The molecule has 7 heteroatoms. The zero-order valence-corrected chi connectivity index (χ0v) is 19.2. The second-order valence-electron chi connectivity index (χ2n) is 8.48. The van der Waals surface area contributed by atoms with Gasteiger partial charge in [-0.25, -0.2) is 4.79 Å². The number of rotatable bonds is 9. The quantitative estimate of drug-likeness (QED) is 0.467.